The maximum absolute atomic E-state index is 6.05. The molecule has 5 rings (SSSR count). The molecule has 0 amide bonds. The van der Waals surface area contributed by atoms with Gasteiger partial charge in [-0.1, -0.05) is 24.3 Å². The predicted molar refractivity (Wildman–Crippen MR) is 51.5 cm³/mol. The van der Waals surface area contributed by atoms with Gasteiger partial charge in [-0.15, -0.1) is 0 Å². The van der Waals surface area contributed by atoms with Gasteiger partial charge in [0.1, 0.15) is 25.4 Å². The summed E-state index contributed by atoms with van der Waals surface area (Å²) in [5.41, 5.74) is 1.96. The average Bonchev–Trinajstić information content (AvgIpc) is 2.78. The summed E-state index contributed by atoms with van der Waals surface area (Å²) < 4.78 is 12.0. The fourth-order valence-electron chi connectivity index (χ4n) is 3.56. The van der Waals surface area contributed by atoms with Crippen molar-refractivity contribution in [3.8, 4) is 0 Å². The minimum atomic E-state index is -0.274. The van der Waals surface area contributed by atoms with E-state index in [0.717, 1.165) is 0 Å². The van der Waals surface area contributed by atoms with Crippen LogP contribution in [0.2, 0.25) is 0 Å². The molecule has 4 heteroatoms. The summed E-state index contributed by atoms with van der Waals surface area (Å²) in [5.74, 6) is 0. The Balaban J connectivity index is 1.76. The third-order valence-electron chi connectivity index (χ3n) is 4.35. The fraction of sp³-hybridized carbons (Fsp3) is 0.500. The normalized spacial score (nSPS) is 50.8. The third kappa shape index (κ3) is 0.604. The second kappa shape index (κ2) is 2.19. The first-order valence-corrected chi connectivity index (χ1v) is 5.56. The van der Waals surface area contributed by atoms with Crippen LogP contribution in [-0.4, -0.2) is 24.4 Å². The first-order valence-electron chi connectivity index (χ1n) is 5.56. The van der Waals surface area contributed by atoms with Crippen LogP contribution in [-0.2, 0) is 19.2 Å². The zero-order chi connectivity index (χ0) is 10.4. The van der Waals surface area contributed by atoms with E-state index in [2.05, 4.69) is 12.1 Å². The Morgan fingerprint density at radius 2 is 1.50 bits per heavy atom. The largest absolute Gasteiger partial charge is 0.359 e. The maximum atomic E-state index is 6.05. The van der Waals surface area contributed by atoms with Gasteiger partial charge in [0.2, 0.25) is 0 Å². The molecule has 1 aromatic rings. The lowest BCUT2D eigenvalue weighted by Crippen LogP contribution is -2.42. The minimum Gasteiger partial charge on any atom is -0.359 e. The van der Waals surface area contributed by atoms with E-state index >= 15 is 0 Å². The molecule has 2 bridgehead atoms. The Morgan fingerprint density at radius 3 is 2.06 bits per heavy atom. The average molecular weight is 218 g/mol. The Hall–Kier alpha value is -0.940. The maximum Gasteiger partial charge on any atom is 0.160 e. The van der Waals surface area contributed by atoms with Crippen LogP contribution in [0.4, 0.5) is 0 Å². The van der Waals surface area contributed by atoms with Crippen LogP contribution in [0.15, 0.2) is 24.3 Å². The Kier molecular flexibility index (Phi) is 1.12. The van der Waals surface area contributed by atoms with Gasteiger partial charge < -0.3 is 9.47 Å². The highest BCUT2D eigenvalue weighted by Gasteiger charge is 2.87. The topological polar surface area (TPSA) is 40.2 Å². The van der Waals surface area contributed by atoms with Crippen LogP contribution in [0, 0.1) is 0 Å². The highest BCUT2D eigenvalue weighted by Crippen LogP contribution is 2.75. The van der Waals surface area contributed by atoms with Crippen molar-refractivity contribution in [2.75, 3.05) is 13.2 Å². The summed E-state index contributed by atoms with van der Waals surface area (Å²) in [4.78, 5) is 10.2. The van der Waals surface area contributed by atoms with Crippen molar-refractivity contribution in [3.05, 3.63) is 35.4 Å². The molecule has 82 valence electrons. The number of rotatable bonds is 0. The van der Waals surface area contributed by atoms with E-state index in [9.17, 15) is 0 Å². The number of hydrogen-bond donors (Lipinski definition) is 0. The van der Waals surface area contributed by atoms with E-state index < -0.39 is 0 Å². The third-order valence-corrected chi connectivity index (χ3v) is 4.35. The van der Waals surface area contributed by atoms with E-state index in [0.29, 0.717) is 13.2 Å². The molecule has 4 unspecified atom stereocenters. The Labute approximate surface area is 92.0 Å². The van der Waals surface area contributed by atoms with Crippen LogP contribution >= 0.6 is 0 Å². The molecule has 0 radical (unpaired) electrons. The predicted octanol–water partition coefficient (Wildman–Crippen LogP) is 1.28. The molecule has 4 atom stereocenters. The van der Waals surface area contributed by atoms with E-state index in [1.54, 1.807) is 0 Å². The first kappa shape index (κ1) is 8.20. The highest BCUT2D eigenvalue weighted by atomic mass is 17.2. The molecule has 3 fully saturated rings. The van der Waals surface area contributed by atoms with Gasteiger partial charge in [0, 0.05) is 0 Å². The fourth-order valence-corrected chi connectivity index (χ4v) is 3.56. The quantitative estimate of drug-likeness (QED) is 0.486. The van der Waals surface area contributed by atoms with Crippen molar-refractivity contribution < 1.29 is 19.2 Å². The standard InChI is InChI=1S/C12H10O4/c1-2-4-8-7(3-1)9-11-5-13-14-6-12(11,16-11)10(8)15-9/h1-4,9-10H,5-6H2. The summed E-state index contributed by atoms with van der Waals surface area (Å²) in [6, 6.07) is 8.33. The smallest absolute Gasteiger partial charge is 0.160 e. The lowest BCUT2D eigenvalue weighted by Gasteiger charge is -2.26. The van der Waals surface area contributed by atoms with E-state index in [-0.39, 0.29) is 23.4 Å². The molecule has 0 aliphatic carbocycles. The van der Waals surface area contributed by atoms with Gasteiger partial charge >= 0.3 is 0 Å². The summed E-state index contributed by atoms with van der Waals surface area (Å²) in [6.45, 7) is 0.949. The minimum absolute atomic E-state index is 0.0256. The van der Waals surface area contributed by atoms with Gasteiger partial charge in [-0.05, 0) is 11.1 Å². The second-order valence-corrected chi connectivity index (χ2v) is 4.93. The number of hydrogen-bond acceptors (Lipinski definition) is 4. The van der Waals surface area contributed by atoms with Gasteiger partial charge in [0.05, 0.1) is 0 Å². The zero-order valence-corrected chi connectivity index (χ0v) is 8.51. The van der Waals surface area contributed by atoms with E-state index in [4.69, 9.17) is 19.2 Å². The molecular formula is C12H10O4. The molecule has 0 aromatic heterocycles. The first-order chi connectivity index (χ1) is 7.87. The van der Waals surface area contributed by atoms with Gasteiger partial charge in [0.25, 0.3) is 0 Å². The summed E-state index contributed by atoms with van der Waals surface area (Å²) in [6.07, 6.45) is 0.0511. The SMILES string of the molecule is c1ccc2c(c1)C1OC2C23COOCC12O3. The van der Waals surface area contributed by atoms with Crippen LogP contribution < -0.4 is 0 Å². The van der Waals surface area contributed by atoms with Crippen LogP contribution in [0.25, 0.3) is 0 Å². The molecule has 0 N–H and O–H groups in total. The molecule has 4 aliphatic heterocycles. The van der Waals surface area contributed by atoms with Crippen LogP contribution in [0.1, 0.15) is 23.3 Å². The Bertz CT molecular complexity index is 459. The molecule has 16 heavy (non-hydrogen) atoms. The zero-order valence-electron chi connectivity index (χ0n) is 8.51. The van der Waals surface area contributed by atoms with Crippen molar-refractivity contribution in [3.63, 3.8) is 0 Å². The van der Waals surface area contributed by atoms with Gasteiger partial charge in [0.15, 0.2) is 11.2 Å². The summed E-state index contributed by atoms with van der Waals surface area (Å²) in [7, 11) is 0. The molecule has 4 nitrogen and oxygen atoms in total. The highest BCUT2D eigenvalue weighted by molar-refractivity contribution is 5.50. The van der Waals surface area contributed by atoms with Crippen molar-refractivity contribution in [1.29, 1.82) is 0 Å². The van der Waals surface area contributed by atoms with Crippen LogP contribution in [0.3, 0.4) is 0 Å². The van der Waals surface area contributed by atoms with E-state index in [1.165, 1.54) is 11.1 Å². The van der Waals surface area contributed by atoms with Gasteiger partial charge in [-0.2, -0.15) is 0 Å². The molecule has 3 saturated heterocycles. The lowest BCUT2D eigenvalue weighted by atomic mass is 9.76. The summed E-state index contributed by atoms with van der Waals surface area (Å²) >= 11 is 0. The number of ether oxygens (including phenoxy) is 2. The molecular weight excluding hydrogens is 208 g/mol. The van der Waals surface area contributed by atoms with Crippen molar-refractivity contribution in [2.45, 2.75) is 23.4 Å². The van der Waals surface area contributed by atoms with Crippen LogP contribution in [0.5, 0.6) is 0 Å². The molecule has 0 spiro atoms. The summed E-state index contributed by atoms with van der Waals surface area (Å²) in [5, 5.41) is 0. The molecule has 1 aromatic carbocycles. The number of epoxide rings is 1. The molecule has 0 saturated carbocycles. The van der Waals surface area contributed by atoms with Crippen molar-refractivity contribution in [2.24, 2.45) is 0 Å². The van der Waals surface area contributed by atoms with Crippen molar-refractivity contribution in [1.82, 2.24) is 0 Å². The second-order valence-electron chi connectivity index (χ2n) is 4.93. The molecule has 4 heterocycles. The number of fused-ring (bicyclic) bond motifs is 5. The van der Waals surface area contributed by atoms with Gasteiger partial charge in [-0.3, -0.25) is 0 Å². The van der Waals surface area contributed by atoms with Crippen molar-refractivity contribution >= 4 is 0 Å². The number of benzene rings is 1. The Morgan fingerprint density at radius 1 is 0.938 bits per heavy atom. The van der Waals surface area contributed by atoms with E-state index in [1.807, 2.05) is 12.1 Å². The monoisotopic (exact) mass is 218 g/mol. The lowest BCUT2D eigenvalue weighted by molar-refractivity contribution is -0.319. The van der Waals surface area contributed by atoms with Gasteiger partial charge in [-0.25, -0.2) is 9.78 Å². The molecule has 4 aliphatic rings.